The second-order valence-electron chi connectivity index (χ2n) is 17.6. The Balaban J connectivity index is 0.000000450. The van der Waals surface area contributed by atoms with Gasteiger partial charge in [-0.2, -0.15) is 10.2 Å². The number of aliphatic hydroxyl groups excluding tert-OH is 2. The second kappa shape index (κ2) is 32.4. The van der Waals surface area contributed by atoms with E-state index in [-0.39, 0.29) is 139 Å². The second-order valence-corrected chi connectivity index (χ2v) is 23.4. The predicted molar refractivity (Wildman–Crippen MR) is 304 cm³/mol. The number of hydrogen-bond donors (Lipinski definition) is 10. The van der Waals surface area contributed by atoms with Gasteiger partial charge in [0, 0.05) is 39.5 Å². The van der Waals surface area contributed by atoms with E-state index >= 15 is 0 Å². The van der Waals surface area contributed by atoms with Crippen molar-refractivity contribution in [1.29, 1.82) is 0 Å². The van der Waals surface area contributed by atoms with Crippen LogP contribution in [0.25, 0.3) is 21.5 Å². The Morgan fingerprint density at radius 3 is 1.09 bits per heavy atom. The number of hydrogen-bond acceptors (Lipinski definition) is 26. The van der Waals surface area contributed by atoms with Crippen LogP contribution in [-0.4, -0.2) is 85.2 Å². The van der Waals surface area contributed by atoms with Gasteiger partial charge in [0.2, 0.25) is 20.0 Å². The first-order chi connectivity index (χ1) is 40.3. The molecule has 0 aromatic heterocycles. The van der Waals surface area contributed by atoms with Gasteiger partial charge in [-0.3, -0.25) is 9.59 Å². The summed E-state index contributed by atoms with van der Waals surface area (Å²) in [6.07, 6.45) is 0. The monoisotopic (exact) mass is 1370 g/mol. The maximum Gasteiger partial charge on any atom is 1.00 e. The van der Waals surface area contributed by atoms with Gasteiger partial charge in [-0.25, -0.2) is 43.9 Å². The van der Waals surface area contributed by atoms with E-state index in [1.54, 1.807) is 60.7 Å². The first kappa shape index (κ1) is 77.3. The summed E-state index contributed by atoms with van der Waals surface area (Å²) < 4.78 is 119. The Morgan fingerprint density at radius 2 is 0.789 bits per heavy atom. The van der Waals surface area contributed by atoms with Crippen molar-refractivity contribution in [2.75, 3.05) is 10.6 Å². The molecule has 0 aliphatic rings. The molecule has 8 rings (SSSR count). The maximum atomic E-state index is 12.6. The van der Waals surface area contributed by atoms with E-state index in [1.807, 2.05) is 0 Å². The fourth-order valence-electron chi connectivity index (χ4n) is 7.31. The number of primary sulfonamides is 2. The molecule has 0 atom stereocenters. The van der Waals surface area contributed by atoms with Gasteiger partial charge in [0.25, 0.3) is 11.8 Å². The first-order valence-electron chi connectivity index (χ1n) is 23.7. The van der Waals surface area contributed by atoms with Crippen LogP contribution in [0.15, 0.2) is 229 Å². The average molecular weight is 1370 g/mol. The molecule has 0 heterocycles. The minimum Gasteiger partial charge on any atom is -0.744 e. The van der Waals surface area contributed by atoms with E-state index in [9.17, 15) is 83.0 Å². The first-order valence-corrected chi connectivity index (χ1v) is 29.6. The maximum absolute atomic E-state index is 12.6. The number of allylic oxidation sites excluding steroid dienone is 2. The number of aliphatic hydroxyl groups is 2. The Morgan fingerprint density at radius 1 is 0.456 bits per heavy atom. The third-order valence-electron chi connectivity index (χ3n) is 11.4. The van der Waals surface area contributed by atoms with E-state index in [0.717, 1.165) is 48.5 Å². The van der Waals surface area contributed by atoms with Crippen molar-refractivity contribution in [1.82, 2.24) is 0 Å². The van der Waals surface area contributed by atoms with E-state index < -0.39 is 140 Å². The summed E-state index contributed by atoms with van der Waals surface area (Å²) >= 11 is 0. The van der Waals surface area contributed by atoms with Crippen molar-refractivity contribution in [2.45, 2.75) is 33.4 Å². The number of para-hydroxylation sites is 2. The van der Waals surface area contributed by atoms with Crippen molar-refractivity contribution in [3.05, 3.63) is 169 Å². The number of phenolic OH excluding ortho intramolecular Hbond substituents is 4. The van der Waals surface area contributed by atoms with Crippen molar-refractivity contribution in [3.8, 4) is 23.0 Å². The number of carbonyl (C=O) groups is 2. The number of nitrogens with zero attached hydrogens (tertiary/aromatic N) is 8. The number of anilines is 2. The molecule has 38 heteroatoms. The van der Waals surface area contributed by atoms with Gasteiger partial charge in [-0.15, -0.1) is 30.7 Å². The van der Waals surface area contributed by atoms with Crippen LogP contribution in [0.4, 0.5) is 45.5 Å². The van der Waals surface area contributed by atoms with Gasteiger partial charge in [0.05, 0.1) is 31.0 Å². The standard InChI is InChI=1S/2C26H22N6O9S2.Cr.3Na/c2*1-14(33)23(26(36)28-16-5-3-2-4-6-16)31-29-17-7-9-19-15(11-17)12-22(43(39,40)41)24(25(19)35)32-30-20-13-18(42(27,37)38)8-10-21(20)34;;;;/h2*2-13,33-35H,1H3,(H,28,36)(H2,27,37,38)(H,39,40,41);;;;/q;;;3*+1/p-2. The minimum atomic E-state index is -5.27. The zero-order valence-corrected chi connectivity index (χ0v) is 57.8. The number of sulfonamides is 2. The largest absolute Gasteiger partial charge is 1.00 e. The molecule has 0 spiro atoms. The summed E-state index contributed by atoms with van der Waals surface area (Å²) in [6, 6.07) is 31.9. The average Bonchev–Trinajstić information content (AvgIpc) is 0.823. The third kappa shape index (κ3) is 20.0. The molecule has 0 aliphatic heterocycles. The molecule has 0 unspecified atom stereocenters. The van der Waals surface area contributed by atoms with Crippen molar-refractivity contribution < 1.29 is 189 Å². The number of nitrogens with one attached hydrogen (secondary N) is 2. The summed E-state index contributed by atoms with van der Waals surface area (Å²) in [4.78, 5) is 22.3. The van der Waals surface area contributed by atoms with Crippen LogP contribution in [0.3, 0.4) is 0 Å². The van der Waals surface area contributed by atoms with Crippen molar-refractivity contribution in [3.63, 3.8) is 0 Å². The van der Waals surface area contributed by atoms with Gasteiger partial charge >= 0.3 is 88.7 Å². The number of rotatable bonds is 16. The Bertz CT molecular complexity index is 4440. The zero-order chi connectivity index (χ0) is 63.1. The number of phenols is 4. The molecule has 12 N–H and O–H groups in total. The summed E-state index contributed by atoms with van der Waals surface area (Å²) in [5.41, 5.74) is -2.32. The van der Waals surface area contributed by atoms with Crippen LogP contribution < -0.4 is 110 Å². The van der Waals surface area contributed by atoms with Crippen LogP contribution in [0.5, 0.6) is 23.0 Å². The molecule has 0 fully saturated rings. The third-order valence-corrected chi connectivity index (χ3v) is 14.9. The van der Waals surface area contributed by atoms with Crippen LogP contribution in [0, 0.1) is 0 Å². The molecule has 450 valence electrons. The summed E-state index contributed by atoms with van der Waals surface area (Å²) in [6.45, 7) is 2.45. The molecule has 0 saturated heterocycles. The van der Waals surface area contributed by atoms with Crippen LogP contribution >= 0.6 is 0 Å². The van der Waals surface area contributed by atoms with E-state index in [1.165, 1.54) is 50.2 Å². The molecular formula is C52H42CrN12Na3O18S4+. The van der Waals surface area contributed by atoms with Gasteiger partial charge in [0.1, 0.15) is 66.0 Å². The summed E-state index contributed by atoms with van der Waals surface area (Å²) in [5.74, 6) is -5.07. The molecule has 8 aromatic rings. The fourth-order valence-corrected chi connectivity index (χ4v) is 9.67. The molecule has 30 nitrogen and oxygen atoms in total. The van der Waals surface area contributed by atoms with Crippen molar-refractivity contribution in [2.24, 2.45) is 51.2 Å². The molecule has 2 amide bonds. The van der Waals surface area contributed by atoms with Crippen molar-refractivity contribution >= 4 is 119 Å². The van der Waals surface area contributed by atoms with Crippen LogP contribution in [-0.2, 0) is 67.2 Å². The van der Waals surface area contributed by atoms with E-state index in [4.69, 9.17) is 10.3 Å². The number of carbonyl (C=O) groups excluding carboxylic acids is 2. The SMILES string of the molecule is CC(O)=C(N=Nc1ccc2c(O)c(N=Nc3cc(S(N)(=O)=O)ccc3O)c(S(=O)(=O)[O-])cc2c1)C(=O)Nc1ccccc1.CC(O)=C(N=Nc1ccc2c(O)c(N=Nc3cc(S(N)(=O)=O)ccc3O)c(S(=O)(=O)[O-])cc2c1)C(=O)Nc1ccccc1.[Cr].[Na+].[Na+].[Na+]. The van der Waals surface area contributed by atoms with Gasteiger partial charge in [0.15, 0.2) is 22.9 Å². The number of nitrogens with two attached hydrogens (primary N) is 2. The zero-order valence-electron chi connectivity index (χ0n) is 47.2. The molecule has 90 heavy (non-hydrogen) atoms. The summed E-state index contributed by atoms with van der Waals surface area (Å²) in [7, 11) is -18.9. The Labute approximate surface area is 588 Å². The molecule has 0 aliphatic carbocycles. The van der Waals surface area contributed by atoms with Gasteiger partial charge in [-0.05, 0) is 134 Å². The summed E-state index contributed by atoms with van der Waals surface area (Å²) in [5, 5.41) is 107. The number of fused-ring (bicyclic) bond motifs is 2. The van der Waals surface area contributed by atoms with Gasteiger partial charge in [-0.1, -0.05) is 36.4 Å². The molecule has 0 radical (unpaired) electrons. The molecular weight excluding hydrogens is 1330 g/mol. The Kier molecular flexibility index (Phi) is 27.8. The normalized spacial score (nSPS) is 12.4. The predicted octanol–water partition coefficient (Wildman–Crippen LogP) is 0.469. The smallest absolute Gasteiger partial charge is 0.744 e. The minimum absolute atomic E-state index is 0. The number of aromatic hydroxyl groups is 4. The molecule has 0 saturated carbocycles. The number of benzene rings is 8. The Hall–Kier alpha value is -6.93. The quantitative estimate of drug-likeness (QED) is 0.0207. The molecule has 8 aromatic carbocycles. The van der Waals surface area contributed by atoms with E-state index in [2.05, 4.69) is 51.5 Å². The fraction of sp³-hybridized carbons (Fsp3) is 0.0385. The topological polar surface area (TPSA) is 513 Å². The van der Waals surface area contributed by atoms with E-state index in [0.29, 0.717) is 11.4 Å². The number of azo groups is 4. The van der Waals surface area contributed by atoms with Gasteiger partial charge < -0.3 is 50.4 Å². The van der Waals surface area contributed by atoms with Crippen LogP contribution in [0.1, 0.15) is 13.8 Å². The molecule has 0 bridgehead atoms. The van der Waals surface area contributed by atoms with Crippen LogP contribution in [0.2, 0.25) is 0 Å². The number of amides is 2.